The summed E-state index contributed by atoms with van der Waals surface area (Å²) in [5, 5.41) is 17.1. The molecule has 1 aliphatic heterocycles. The molecule has 0 unspecified atom stereocenters. The van der Waals surface area contributed by atoms with Crippen LogP contribution in [0.15, 0.2) is 36.5 Å². The largest absolute Gasteiger partial charge is 0.480 e. The van der Waals surface area contributed by atoms with Crippen LogP contribution in [-0.4, -0.2) is 43.1 Å². The highest BCUT2D eigenvalue weighted by Crippen LogP contribution is 2.31. The molecule has 23 heavy (non-hydrogen) atoms. The smallest absolute Gasteiger partial charge is 0.326 e. The van der Waals surface area contributed by atoms with Crippen LogP contribution < -0.4 is 0 Å². The van der Waals surface area contributed by atoms with E-state index in [1.807, 2.05) is 24.3 Å². The van der Waals surface area contributed by atoms with Gasteiger partial charge in [-0.3, -0.25) is 9.89 Å². The fourth-order valence-electron chi connectivity index (χ4n) is 3.12. The zero-order chi connectivity index (χ0) is 16.0. The van der Waals surface area contributed by atoms with Gasteiger partial charge in [-0.1, -0.05) is 18.2 Å². The lowest BCUT2D eigenvalue weighted by Gasteiger charge is -2.23. The van der Waals surface area contributed by atoms with Crippen molar-refractivity contribution in [3.05, 3.63) is 53.5 Å². The van der Waals surface area contributed by atoms with Gasteiger partial charge in [0.25, 0.3) is 5.91 Å². The highest BCUT2D eigenvalue weighted by Gasteiger charge is 2.38. The molecule has 7 nitrogen and oxygen atoms in total. The Morgan fingerprint density at radius 3 is 2.91 bits per heavy atom. The van der Waals surface area contributed by atoms with Crippen LogP contribution in [0.25, 0.3) is 10.9 Å². The molecule has 0 spiro atoms. The predicted molar refractivity (Wildman–Crippen MR) is 81.9 cm³/mol. The second kappa shape index (κ2) is 4.98. The molecule has 0 saturated carbocycles. The summed E-state index contributed by atoms with van der Waals surface area (Å²) in [5.74, 6) is -1.30. The lowest BCUT2D eigenvalue weighted by atomic mass is 10.1. The number of aromatic nitrogens is 3. The minimum Gasteiger partial charge on any atom is -0.480 e. The molecule has 4 rings (SSSR count). The van der Waals surface area contributed by atoms with Crippen LogP contribution in [0.1, 0.15) is 21.7 Å². The van der Waals surface area contributed by atoms with Crippen LogP contribution >= 0.6 is 0 Å². The maximum Gasteiger partial charge on any atom is 0.326 e. The quantitative estimate of drug-likeness (QED) is 0.680. The van der Waals surface area contributed by atoms with Gasteiger partial charge in [-0.15, -0.1) is 0 Å². The molecule has 3 N–H and O–H groups in total. The van der Waals surface area contributed by atoms with Crippen molar-refractivity contribution in [1.82, 2.24) is 20.1 Å². The van der Waals surface area contributed by atoms with Crippen molar-refractivity contribution in [3.8, 4) is 0 Å². The fourth-order valence-corrected chi connectivity index (χ4v) is 3.12. The normalized spacial score (nSPS) is 15.1. The van der Waals surface area contributed by atoms with Gasteiger partial charge < -0.3 is 15.0 Å². The third kappa shape index (κ3) is 2.09. The monoisotopic (exact) mass is 310 g/mol. The third-order valence-electron chi connectivity index (χ3n) is 4.25. The molecule has 0 aliphatic carbocycles. The van der Waals surface area contributed by atoms with Crippen molar-refractivity contribution in [2.45, 2.75) is 19.0 Å². The van der Waals surface area contributed by atoms with Gasteiger partial charge in [0.2, 0.25) is 0 Å². The van der Waals surface area contributed by atoms with Crippen molar-refractivity contribution >= 4 is 22.8 Å². The van der Waals surface area contributed by atoms with Crippen molar-refractivity contribution in [1.29, 1.82) is 0 Å². The van der Waals surface area contributed by atoms with Crippen molar-refractivity contribution in [2.24, 2.45) is 0 Å². The number of carbonyl (C=O) groups excluding carboxylic acids is 1. The molecule has 3 heterocycles. The zero-order valence-electron chi connectivity index (χ0n) is 12.1. The first-order valence-corrected chi connectivity index (χ1v) is 7.27. The third-order valence-corrected chi connectivity index (χ3v) is 4.25. The number of carbonyl (C=O) groups is 2. The molecule has 1 aliphatic rings. The number of fused-ring (bicyclic) bond motifs is 3. The molecule has 3 aromatic rings. The van der Waals surface area contributed by atoms with Crippen molar-refractivity contribution in [2.75, 3.05) is 0 Å². The number of aromatic amines is 2. The number of nitrogens with one attached hydrogen (secondary N) is 2. The average molecular weight is 310 g/mol. The van der Waals surface area contributed by atoms with E-state index in [1.54, 1.807) is 12.3 Å². The summed E-state index contributed by atoms with van der Waals surface area (Å²) >= 11 is 0. The summed E-state index contributed by atoms with van der Waals surface area (Å²) in [5.41, 5.74) is 2.93. The first-order chi connectivity index (χ1) is 11.1. The Balaban J connectivity index is 1.69. The second-order valence-corrected chi connectivity index (χ2v) is 5.60. The van der Waals surface area contributed by atoms with Crippen LogP contribution in [0.3, 0.4) is 0 Å². The zero-order valence-corrected chi connectivity index (χ0v) is 12.1. The molecule has 0 saturated heterocycles. The highest BCUT2D eigenvalue weighted by atomic mass is 16.4. The number of para-hydroxylation sites is 1. The standard InChI is InChI=1S/C16H14N4O3/c21-15-14-11(10-3-1-2-4-12(10)18-14)8-20(15)13(16(22)23)7-9-5-6-17-19-9/h1-6,13,18H,7-8H2,(H,17,19)(H,22,23)/t13-/m0/s1. The Kier molecular flexibility index (Phi) is 2.94. The Morgan fingerprint density at radius 2 is 2.17 bits per heavy atom. The SMILES string of the molecule is O=C(O)[C@H](Cc1ccn[nH]1)N1Cc2c([nH]c3ccccc23)C1=O. The molecular weight excluding hydrogens is 296 g/mol. The van der Waals surface area contributed by atoms with Gasteiger partial charge >= 0.3 is 5.97 Å². The van der Waals surface area contributed by atoms with E-state index in [0.29, 0.717) is 17.9 Å². The van der Waals surface area contributed by atoms with E-state index in [2.05, 4.69) is 15.2 Å². The Labute approximate surface area is 130 Å². The maximum atomic E-state index is 12.6. The summed E-state index contributed by atoms with van der Waals surface area (Å²) < 4.78 is 0. The van der Waals surface area contributed by atoms with Crippen molar-refractivity contribution in [3.63, 3.8) is 0 Å². The molecule has 116 valence electrons. The Bertz CT molecular complexity index is 897. The highest BCUT2D eigenvalue weighted by molar-refractivity contribution is 6.05. The van der Waals surface area contributed by atoms with Crippen LogP contribution in [0, 0.1) is 0 Å². The molecule has 2 aromatic heterocycles. The van der Waals surface area contributed by atoms with Gasteiger partial charge in [0.1, 0.15) is 11.7 Å². The van der Waals surface area contributed by atoms with E-state index in [9.17, 15) is 14.7 Å². The maximum absolute atomic E-state index is 12.6. The average Bonchev–Trinajstić information content (AvgIpc) is 3.23. The summed E-state index contributed by atoms with van der Waals surface area (Å²) in [6.07, 6.45) is 1.76. The minimum absolute atomic E-state index is 0.198. The number of H-pyrrole nitrogens is 2. The van der Waals surface area contributed by atoms with Gasteiger partial charge in [0.05, 0.1) is 0 Å². The summed E-state index contributed by atoms with van der Waals surface area (Å²) in [6.45, 7) is 0.295. The van der Waals surface area contributed by atoms with Crippen molar-refractivity contribution < 1.29 is 14.7 Å². The molecule has 0 fully saturated rings. The Hall–Kier alpha value is -3.09. The molecule has 0 bridgehead atoms. The summed E-state index contributed by atoms with van der Waals surface area (Å²) in [4.78, 5) is 28.8. The molecule has 0 radical (unpaired) electrons. The van der Waals surface area contributed by atoms with Gasteiger partial charge in [-0.05, 0) is 12.1 Å². The van der Waals surface area contributed by atoms with Gasteiger partial charge in [0.15, 0.2) is 0 Å². The fraction of sp³-hybridized carbons (Fsp3) is 0.188. The number of nitrogens with zero attached hydrogens (tertiary/aromatic N) is 2. The lowest BCUT2D eigenvalue weighted by molar-refractivity contribution is -0.142. The van der Waals surface area contributed by atoms with Gasteiger partial charge in [0, 0.05) is 41.3 Å². The molecular formula is C16H14N4O3. The topological polar surface area (TPSA) is 102 Å². The van der Waals surface area contributed by atoms with Crippen LogP contribution in [0.4, 0.5) is 0 Å². The molecule has 7 heteroatoms. The number of aliphatic carboxylic acids is 1. The van der Waals surface area contributed by atoms with Gasteiger partial charge in [-0.2, -0.15) is 5.10 Å². The van der Waals surface area contributed by atoms with Crippen LogP contribution in [0.2, 0.25) is 0 Å². The van der Waals surface area contributed by atoms with E-state index in [4.69, 9.17) is 0 Å². The van der Waals surface area contributed by atoms with Crippen LogP contribution in [-0.2, 0) is 17.8 Å². The summed E-state index contributed by atoms with van der Waals surface area (Å²) in [7, 11) is 0. The number of hydrogen-bond donors (Lipinski definition) is 3. The number of rotatable bonds is 4. The number of amides is 1. The number of carboxylic acid groups (broad SMARTS) is 1. The number of benzene rings is 1. The van der Waals surface area contributed by atoms with E-state index in [1.165, 1.54) is 4.90 Å². The first-order valence-electron chi connectivity index (χ1n) is 7.27. The number of hydrogen-bond acceptors (Lipinski definition) is 3. The second-order valence-electron chi connectivity index (χ2n) is 5.60. The molecule has 1 atom stereocenters. The van der Waals surface area contributed by atoms with E-state index >= 15 is 0 Å². The van der Waals surface area contributed by atoms with E-state index in [-0.39, 0.29) is 12.3 Å². The number of carboxylic acids is 1. The summed E-state index contributed by atoms with van der Waals surface area (Å²) in [6, 6.07) is 8.43. The minimum atomic E-state index is -1.03. The van der Waals surface area contributed by atoms with Gasteiger partial charge in [-0.25, -0.2) is 4.79 Å². The molecule has 1 amide bonds. The molecule has 1 aromatic carbocycles. The predicted octanol–water partition coefficient (Wildman–Crippen LogP) is 1.54. The first kappa shape index (κ1) is 13.6. The van der Waals surface area contributed by atoms with E-state index < -0.39 is 12.0 Å². The van der Waals surface area contributed by atoms with Crippen LogP contribution in [0.5, 0.6) is 0 Å². The Morgan fingerprint density at radius 1 is 1.35 bits per heavy atom. The van der Waals surface area contributed by atoms with E-state index in [0.717, 1.165) is 16.5 Å². The lowest BCUT2D eigenvalue weighted by Crippen LogP contribution is -2.43.